The number of nitrogens with zero attached hydrogens (tertiary/aromatic N) is 1. The lowest BCUT2D eigenvalue weighted by atomic mass is 10.0. The van der Waals surface area contributed by atoms with Crippen molar-refractivity contribution in [1.29, 1.82) is 0 Å². The van der Waals surface area contributed by atoms with Gasteiger partial charge in [0.2, 0.25) is 5.91 Å². The number of aromatic amines is 1. The van der Waals surface area contributed by atoms with E-state index in [4.69, 9.17) is 11.6 Å². The molecule has 0 saturated carbocycles. The highest BCUT2D eigenvalue weighted by atomic mass is 35.5. The Morgan fingerprint density at radius 3 is 2.54 bits per heavy atom. The summed E-state index contributed by atoms with van der Waals surface area (Å²) in [4.78, 5) is 20.3. The first kappa shape index (κ1) is 16.5. The molecule has 0 saturated heterocycles. The summed E-state index contributed by atoms with van der Waals surface area (Å²) in [5.74, 6) is 0.979. The third kappa shape index (κ3) is 3.77. The predicted octanol–water partition coefficient (Wildman–Crippen LogP) is 4.27. The van der Waals surface area contributed by atoms with Crippen molar-refractivity contribution in [2.24, 2.45) is 5.92 Å². The molecule has 4 nitrogen and oxygen atoms in total. The van der Waals surface area contributed by atoms with Crippen molar-refractivity contribution in [3.05, 3.63) is 64.9 Å². The fourth-order valence-electron chi connectivity index (χ4n) is 2.68. The molecule has 5 heteroatoms. The lowest BCUT2D eigenvalue weighted by Gasteiger charge is -2.20. The highest BCUT2D eigenvalue weighted by molar-refractivity contribution is 6.30. The Morgan fingerprint density at radius 1 is 1.17 bits per heavy atom. The van der Waals surface area contributed by atoms with Crippen molar-refractivity contribution in [3.8, 4) is 0 Å². The van der Waals surface area contributed by atoms with E-state index in [-0.39, 0.29) is 17.9 Å². The van der Waals surface area contributed by atoms with Crippen LogP contribution < -0.4 is 5.32 Å². The summed E-state index contributed by atoms with van der Waals surface area (Å²) >= 11 is 5.88. The molecule has 2 aromatic carbocycles. The molecule has 0 aliphatic rings. The van der Waals surface area contributed by atoms with Crippen LogP contribution in [0.15, 0.2) is 48.5 Å². The van der Waals surface area contributed by atoms with Gasteiger partial charge in [0.1, 0.15) is 5.82 Å². The normalized spacial score (nSPS) is 12.5. The third-order valence-corrected chi connectivity index (χ3v) is 4.22. The number of imidazole rings is 1. The van der Waals surface area contributed by atoms with E-state index in [1.165, 1.54) is 0 Å². The molecular weight excluding hydrogens is 322 g/mol. The number of aromatic nitrogens is 2. The molecule has 0 aliphatic heterocycles. The number of H-pyrrole nitrogens is 1. The molecule has 1 unspecified atom stereocenters. The van der Waals surface area contributed by atoms with Gasteiger partial charge in [-0.05, 0) is 35.7 Å². The average Bonchev–Trinajstić information content (AvgIpc) is 2.98. The van der Waals surface area contributed by atoms with Crippen LogP contribution >= 0.6 is 11.6 Å². The fourth-order valence-corrected chi connectivity index (χ4v) is 2.81. The number of halogens is 1. The van der Waals surface area contributed by atoms with Gasteiger partial charge in [-0.3, -0.25) is 4.79 Å². The number of amides is 1. The van der Waals surface area contributed by atoms with Crippen LogP contribution in [0.1, 0.15) is 31.3 Å². The van der Waals surface area contributed by atoms with Crippen molar-refractivity contribution in [1.82, 2.24) is 15.3 Å². The number of carbonyl (C=O) groups excluding carboxylic acids is 1. The number of nitrogens with one attached hydrogen (secondary N) is 2. The SMILES string of the molecule is CC(C)C(NC(=O)Cc1ccc(Cl)cc1)c1nc2ccccc2[nH]1. The molecule has 1 amide bonds. The van der Waals surface area contributed by atoms with Gasteiger partial charge in [0.05, 0.1) is 23.5 Å². The van der Waals surface area contributed by atoms with E-state index in [1.807, 2.05) is 36.4 Å². The summed E-state index contributed by atoms with van der Waals surface area (Å²) in [6.07, 6.45) is 0.320. The van der Waals surface area contributed by atoms with Crippen molar-refractivity contribution in [2.45, 2.75) is 26.3 Å². The summed E-state index contributed by atoms with van der Waals surface area (Å²) in [5.41, 5.74) is 2.82. The minimum absolute atomic E-state index is 0.0310. The standard InChI is InChI=1S/C19H20ClN3O/c1-12(2)18(19-21-15-5-3-4-6-16(15)22-19)23-17(24)11-13-7-9-14(20)10-8-13/h3-10,12,18H,11H2,1-2H3,(H,21,22)(H,23,24). The number of fused-ring (bicyclic) bond motifs is 1. The molecule has 0 bridgehead atoms. The summed E-state index contributed by atoms with van der Waals surface area (Å²) in [5, 5.41) is 3.76. The first-order chi connectivity index (χ1) is 11.5. The Kier molecular flexibility index (Phi) is 4.86. The second-order valence-electron chi connectivity index (χ2n) is 6.23. The Hall–Kier alpha value is -2.33. The molecule has 0 aliphatic carbocycles. The van der Waals surface area contributed by atoms with E-state index in [1.54, 1.807) is 12.1 Å². The van der Waals surface area contributed by atoms with Crippen LogP contribution in [0, 0.1) is 5.92 Å². The van der Waals surface area contributed by atoms with Gasteiger partial charge in [0.15, 0.2) is 0 Å². The lowest BCUT2D eigenvalue weighted by Crippen LogP contribution is -2.33. The van der Waals surface area contributed by atoms with Crippen LogP contribution in [-0.2, 0) is 11.2 Å². The maximum absolute atomic E-state index is 12.4. The number of rotatable bonds is 5. The minimum atomic E-state index is -0.155. The van der Waals surface area contributed by atoms with E-state index >= 15 is 0 Å². The van der Waals surface area contributed by atoms with Gasteiger partial charge in [0.25, 0.3) is 0 Å². The van der Waals surface area contributed by atoms with E-state index in [0.717, 1.165) is 22.4 Å². The zero-order valence-electron chi connectivity index (χ0n) is 13.7. The number of hydrogen-bond donors (Lipinski definition) is 2. The van der Waals surface area contributed by atoms with Crippen LogP contribution in [0.2, 0.25) is 5.02 Å². The van der Waals surface area contributed by atoms with Gasteiger partial charge >= 0.3 is 0 Å². The highest BCUT2D eigenvalue weighted by Crippen LogP contribution is 2.22. The second-order valence-corrected chi connectivity index (χ2v) is 6.67. The maximum Gasteiger partial charge on any atom is 0.225 e. The third-order valence-electron chi connectivity index (χ3n) is 3.96. The topological polar surface area (TPSA) is 57.8 Å². The van der Waals surface area contributed by atoms with E-state index in [9.17, 15) is 4.79 Å². The van der Waals surface area contributed by atoms with Crippen LogP contribution in [0.25, 0.3) is 11.0 Å². The number of hydrogen-bond acceptors (Lipinski definition) is 2. The van der Waals surface area contributed by atoms with Crippen molar-refractivity contribution >= 4 is 28.5 Å². The molecule has 1 heterocycles. The quantitative estimate of drug-likeness (QED) is 0.728. The van der Waals surface area contributed by atoms with Crippen LogP contribution in [0.5, 0.6) is 0 Å². The molecule has 24 heavy (non-hydrogen) atoms. The monoisotopic (exact) mass is 341 g/mol. The minimum Gasteiger partial charge on any atom is -0.346 e. The summed E-state index contributed by atoms with van der Waals surface area (Å²) in [7, 11) is 0. The zero-order valence-corrected chi connectivity index (χ0v) is 14.5. The molecule has 1 atom stereocenters. The van der Waals surface area contributed by atoms with Crippen molar-refractivity contribution < 1.29 is 4.79 Å². The molecular formula is C19H20ClN3O. The van der Waals surface area contributed by atoms with Gasteiger partial charge < -0.3 is 10.3 Å². The Bertz CT molecular complexity index is 806. The molecule has 1 aromatic heterocycles. The van der Waals surface area contributed by atoms with Crippen LogP contribution in [0.3, 0.4) is 0 Å². The first-order valence-corrected chi connectivity index (χ1v) is 8.39. The van der Waals surface area contributed by atoms with Crippen LogP contribution in [-0.4, -0.2) is 15.9 Å². The molecule has 3 rings (SSSR count). The number of benzene rings is 2. The maximum atomic E-state index is 12.4. The molecule has 2 N–H and O–H groups in total. The molecule has 0 fully saturated rings. The van der Waals surface area contributed by atoms with Gasteiger partial charge in [0, 0.05) is 5.02 Å². The highest BCUT2D eigenvalue weighted by Gasteiger charge is 2.21. The molecule has 0 spiro atoms. The largest absolute Gasteiger partial charge is 0.346 e. The summed E-state index contributed by atoms with van der Waals surface area (Å²) in [6, 6.07) is 15.0. The predicted molar refractivity (Wildman–Crippen MR) is 97.0 cm³/mol. The van der Waals surface area contributed by atoms with E-state index in [0.29, 0.717) is 11.4 Å². The van der Waals surface area contributed by atoms with Crippen molar-refractivity contribution in [3.63, 3.8) is 0 Å². The van der Waals surface area contributed by atoms with Gasteiger partial charge in [-0.2, -0.15) is 0 Å². The Morgan fingerprint density at radius 2 is 1.88 bits per heavy atom. The molecule has 3 aromatic rings. The van der Waals surface area contributed by atoms with Gasteiger partial charge in [-0.15, -0.1) is 0 Å². The lowest BCUT2D eigenvalue weighted by molar-refractivity contribution is -0.121. The number of para-hydroxylation sites is 2. The Balaban J connectivity index is 1.76. The second kappa shape index (κ2) is 7.05. The van der Waals surface area contributed by atoms with E-state index in [2.05, 4.69) is 29.1 Å². The number of carbonyl (C=O) groups is 1. The zero-order chi connectivity index (χ0) is 17.1. The summed E-state index contributed by atoms with van der Waals surface area (Å²) in [6.45, 7) is 4.14. The summed E-state index contributed by atoms with van der Waals surface area (Å²) < 4.78 is 0. The van der Waals surface area contributed by atoms with Crippen LogP contribution in [0.4, 0.5) is 0 Å². The van der Waals surface area contributed by atoms with E-state index < -0.39 is 0 Å². The molecule has 0 radical (unpaired) electrons. The van der Waals surface area contributed by atoms with Crippen molar-refractivity contribution in [2.75, 3.05) is 0 Å². The first-order valence-electron chi connectivity index (χ1n) is 8.01. The van der Waals surface area contributed by atoms with Gasteiger partial charge in [-0.1, -0.05) is 49.7 Å². The average molecular weight is 342 g/mol. The van der Waals surface area contributed by atoms with Gasteiger partial charge in [-0.25, -0.2) is 4.98 Å². The Labute approximate surface area is 146 Å². The molecule has 124 valence electrons. The smallest absolute Gasteiger partial charge is 0.225 e. The fraction of sp³-hybridized carbons (Fsp3) is 0.263.